The third kappa shape index (κ3) is 1.05. The lowest BCUT2D eigenvalue weighted by Gasteiger charge is -1.92. The van der Waals surface area contributed by atoms with Gasteiger partial charge >= 0.3 is 0 Å². The lowest BCUT2D eigenvalue weighted by molar-refractivity contribution is 0.766. The minimum atomic E-state index is 0.609. The highest BCUT2D eigenvalue weighted by molar-refractivity contribution is 5.12. The van der Waals surface area contributed by atoms with E-state index in [9.17, 15) is 0 Å². The van der Waals surface area contributed by atoms with Crippen LogP contribution in [0.1, 0.15) is 0 Å². The summed E-state index contributed by atoms with van der Waals surface area (Å²) in [4.78, 5) is 7.84. The largest absolute Gasteiger partial charge is 0.259 e. The first-order valence-corrected chi connectivity index (χ1v) is 2.96. The number of tetrazole rings is 1. The highest BCUT2D eigenvalue weighted by Gasteiger charge is 1.95. The Hall–Kier alpha value is -1.85. The zero-order chi connectivity index (χ0) is 7.52. The van der Waals surface area contributed by atoms with Crippen molar-refractivity contribution in [2.24, 2.45) is 0 Å². The summed E-state index contributed by atoms with van der Waals surface area (Å²) in [5, 5.41) is 10.6. The molecule has 6 nitrogen and oxygen atoms in total. The summed E-state index contributed by atoms with van der Waals surface area (Å²) in [6, 6.07) is 0. The van der Waals surface area contributed by atoms with Crippen molar-refractivity contribution >= 4 is 0 Å². The summed E-state index contributed by atoms with van der Waals surface area (Å²) in [5.41, 5.74) is 0. The molecule has 0 atom stereocenters. The molecule has 2 aromatic heterocycles. The first-order valence-electron chi connectivity index (χ1n) is 2.96. The Morgan fingerprint density at radius 2 is 2.27 bits per heavy atom. The molecular weight excluding hydrogens is 144 g/mol. The van der Waals surface area contributed by atoms with Gasteiger partial charge in [-0.2, -0.15) is 4.68 Å². The molecule has 0 fully saturated rings. The van der Waals surface area contributed by atoms with Gasteiger partial charge in [0.25, 0.3) is 0 Å². The van der Waals surface area contributed by atoms with E-state index in [0.29, 0.717) is 5.82 Å². The van der Waals surface area contributed by atoms with E-state index >= 15 is 0 Å². The van der Waals surface area contributed by atoms with Gasteiger partial charge in [-0.05, 0) is 10.4 Å². The maximum atomic E-state index is 3.98. The lowest BCUT2D eigenvalue weighted by atomic mass is 10.7. The summed E-state index contributed by atoms with van der Waals surface area (Å²) >= 11 is 0. The first-order chi connectivity index (χ1) is 5.47. The van der Waals surface area contributed by atoms with Crippen molar-refractivity contribution in [3.8, 4) is 5.82 Å². The average molecular weight is 148 g/mol. The van der Waals surface area contributed by atoms with Gasteiger partial charge < -0.3 is 0 Å². The van der Waals surface area contributed by atoms with E-state index in [0.717, 1.165) is 0 Å². The quantitative estimate of drug-likeness (QED) is 0.542. The van der Waals surface area contributed by atoms with E-state index in [2.05, 4.69) is 25.5 Å². The van der Waals surface area contributed by atoms with Gasteiger partial charge in [0.05, 0.1) is 6.20 Å². The molecule has 0 aliphatic heterocycles. The minimum absolute atomic E-state index is 0.609. The van der Waals surface area contributed by atoms with E-state index in [4.69, 9.17) is 0 Å². The lowest BCUT2D eigenvalue weighted by Crippen LogP contribution is -1.97. The fraction of sp³-hybridized carbons (Fsp3) is 0. The number of hydrogen-bond donors (Lipinski definition) is 0. The molecule has 11 heavy (non-hydrogen) atoms. The maximum absolute atomic E-state index is 3.98. The smallest absolute Gasteiger partial charge is 0.175 e. The van der Waals surface area contributed by atoms with Gasteiger partial charge in [-0.1, -0.05) is 0 Å². The zero-order valence-corrected chi connectivity index (χ0v) is 5.49. The fourth-order valence-corrected chi connectivity index (χ4v) is 0.676. The molecule has 2 aromatic rings. The van der Waals surface area contributed by atoms with Crippen LogP contribution in [-0.4, -0.2) is 30.2 Å². The Balaban J connectivity index is 2.46. The normalized spacial score (nSPS) is 9.82. The molecule has 0 aliphatic carbocycles. The molecule has 0 saturated heterocycles. The predicted molar refractivity (Wildman–Crippen MR) is 34.7 cm³/mol. The van der Waals surface area contributed by atoms with Crippen molar-refractivity contribution in [3.63, 3.8) is 0 Å². The topological polar surface area (TPSA) is 69.4 Å². The highest BCUT2D eigenvalue weighted by atomic mass is 15.5. The molecule has 0 radical (unpaired) electrons. The van der Waals surface area contributed by atoms with Gasteiger partial charge in [-0.15, -0.1) is 5.10 Å². The second kappa shape index (κ2) is 2.41. The van der Waals surface area contributed by atoms with E-state index in [-0.39, 0.29) is 0 Å². The fourth-order valence-electron chi connectivity index (χ4n) is 0.676. The molecule has 0 amide bonds. The van der Waals surface area contributed by atoms with Crippen molar-refractivity contribution < 1.29 is 0 Å². The molecule has 6 heteroatoms. The Kier molecular flexibility index (Phi) is 1.29. The summed E-state index contributed by atoms with van der Waals surface area (Å²) in [7, 11) is 0. The molecule has 0 aliphatic rings. The summed E-state index contributed by atoms with van der Waals surface area (Å²) < 4.78 is 1.44. The molecule has 0 aromatic carbocycles. The minimum Gasteiger partial charge on any atom is -0.259 e. The van der Waals surface area contributed by atoms with Crippen LogP contribution in [0.2, 0.25) is 0 Å². The molecule has 0 unspecified atom stereocenters. The van der Waals surface area contributed by atoms with Crippen LogP contribution in [0, 0.1) is 0 Å². The second-order valence-corrected chi connectivity index (χ2v) is 1.82. The van der Waals surface area contributed by atoms with Crippen molar-refractivity contribution in [1.82, 2.24) is 30.2 Å². The number of nitrogens with zero attached hydrogens (tertiary/aromatic N) is 6. The van der Waals surface area contributed by atoms with Crippen molar-refractivity contribution in [3.05, 3.63) is 24.9 Å². The van der Waals surface area contributed by atoms with E-state index in [1.54, 1.807) is 18.6 Å². The number of rotatable bonds is 1. The second-order valence-electron chi connectivity index (χ2n) is 1.82. The third-order valence-corrected chi connectivity index (χ3v) is 1.13. The summed E-state index contributed by atoms with van der Waals surface area (Å²) in [6.07, 6.45) is 6.21. The predicted octanol–water partition coefficient (Wildman–Crippen LogP) is -0.548. The number of hydrogen-bond acceptors (Lipinski definition) is 5. The highest BCUT2D eigenvalue weighted by Crippen LogP contribution is 1.93. The van der Waals surface area contributed by atoms with E-state index in [1.807, 2.05) is 0 Å². The molecule has 2 heterocycles. The molecule has 0 bridgehead atoms. The monoisotopic (exact) mass is 148 g/mol. The maximum Gasteiger partial charge on any atom is 0.175 e. The summed E-state index contributed by atoms with van der Waals surface area (Å²) in [6.45, 7) is 0. The Bertz CT molecular complexity index is 314. The third-order valence-electron chi connectivity index (χ3n) is 1.13. The Morgan fingerprint density at radius 1 is 1.27 bits per heavy atom. The average Bonchev–Trinajstić information content (AvgIpc) is 2.58. The van der Waals surface area contributed by atoms with Crippen LogP contribution in [0.25, 0.3) is 5.82 Å². The molecular formula is C5H4N6. The van der Waals surface area contributed by atoms with Crippen LogP contribution in [0.5, 0.6) is 0 Å². The van der Waals surface area contributed by atoms with Crippen LogP contribution in [0.15, 0.2) is 24.9 Å². The van der Waals surface area contributed by atoms with Gasteiger partial charge in [-0.25, -0.2) is 4.98 Å². The van der Waals surface area contributed by atoms with E-state index in [1.165, 1.54) is 11.0 Å². The standard InChI is InChI=1S/C5H4N6/c1-2-7-5(3-6-1)11-4-8-9-10-11/h1-4H. The molecule has 54 valence electrons. The Labute approximate surface area is 61.9 Å². The van der Waals surface area contributed by atoms with Crippen molar-refractivity contribution in [2.45, 2.75) is 0 Å². The van der Waals surface area contributed by atoms with Crippen LogP contribution in [-0.2, 0) is 0 Å². The van der Waals surface area contributed by atoms with Gasteiger partial charge in [0.15, 0.2) is 5.82 Å². The van der Waals surface area contributed by atoms with Gasteiger partial charge in [-0.3, -0.25) is 4.98 Å². The van der Waals surface area contributed by atoms with E-state index < -0.39 is 0 Å². The molecule has 0 spiro atoms. The number of aromatic nitrogens is 6. The van der Waals surface area contributed by atoms with Crippen molar-refractivity contribution in [1.29, 1.82) is 0 Å². The van der Waals surface area contributed by atoms with Gasteiger partial charge in [0.1, 0.15) is 6.33 Å². The molecule has 0 saturated carbocycles. The molecule has 0 N–H and O–H groups in total. The molecule has 2 rings (SSSR count). The van der Waals surface area contributed by atoms with Crippen LogP contribution in [0.3, 0.4) is 0 Å². The van der Waals surface area contributed by atoms with Crippen LogP contribution in [0.4, 0.5) is 0 Å². The first kappa shape index (κ1) is 5.90. The van der Waals surface area contributed by atoms with Crippen molar-refractivity contribution in [2.75, 3.05) is 0 Å². The SMILES string of the molecule is c1cnc(-n2cnnn2)cn1. The van der Waals surface area contributed by atoms with Gasteiger partial charge in [0, 0.05) is 12.4 Å². The summed E-state index contributed by atoms with van der Waals surface area (Å²) in [5.74, 6) is 0.609. The Morgan fingerprint density at radius 3 is 2.91 bits per heavy atom. The van der Waals surface area contributed by atoms with Crippen LogP contribution < -0.4 is 0 Å². The van der Waals surface area contributed by atoms with Crippen LogP contribution >= 0.6 is 0 Å². The van der Waals surface area contributed by atoms with Gasteiger partial charge in [0.2, 0.25) is 0 Å². The zero-order valence-electron chi connectivity index (χ0n) is 5.49.